The third kappa shape index (κ3) is 4.06. The summed E-state index contributed by atoms with van der Waals surface area (Å²) < 4.78 is 0.864. The van der Waals surface area contributed by atoms with E-state index in [4.69, 9.17) is 0 Å². The molecule has 20 heavy (non-hydrogen) atoms. The number of hydrogen-bond donors (Lipinski definition) is 2. The Kier molecular flexibility index (Phi) is 4.74. The first-order chi connectivity index (χ1) is 9.54. The Labute approximate surface area is 126 Å². The van der Waals surface area contributed by atoms with Gasteiger partial charge in [0, 0.05) is 19.2 Å². The number of amides is 1. The highest BCUT2D eigenvalue weighted by atomic mass is 79.9. The van der Waals surface area contributed by atoms with Gasteiger partial charge in [0.05, 0.1) is 11.9 Å². The zero-order valence-electron chi connectivity index (χ0n) is 11.4. The molecule has 2 N–H and O–H groups in total. The third-order valence-electron chi connectivity index (χ3n) is 2.79. The summed E-state index contributed by atoms with van der Waals surface area (Å²) in [6, 6.07) is 9.80. The van der Waals surface area contributed by atoms with Gasteiger partial charge in [-0.1, -0.05) is 12.1 Å². The number of carbonyl (C=O) groups excluding carboxylic acids is 1. The van der Waals surface area contributed by atoms with Crippen molar-refractivity contribution in [3.05, 3.63) is 52.3 Å². The minimum atomic E-state index is -0.0627. The Morgan fingerprint density at radius 3 is 2.55 bits per heavy atom. The Balaban J connectivity index is 1.96. The van der Waals surface area contributed by atoms with E-state index in [2.05, 4.69) is 31.5 Å². The molecule has 2 aromatic rings. The minimum absolute atomic E-state index is 0.0627. The highest BCUT2D eigenvalue weighted by Crippen LogP contribution is 2.17. The van der Waals surface area contributed by atoms with Crippen LogP contribution in [0, 0.1) is 6.92 Å². The van der Waals surface area contributed by atoms with Gasteiger partial charge in [0.25, 0.3) is 0 Å². The van der Waals surface area contributed by atoms with Crippen LogP contribution in [-0.4, -0.2) is 10.9 Å². The molecule has 0 aliphatic carbocycles. The smallest absolute Gasteiger partial charge is 0.221 e. The van der Waals surface area contributed by atoms with E-state index < -0.39 is 0 Å². The maximum absolute atomic E-state index is 10.9. The summed E-state index contributed by atoms with van der Waals surface area (Å²) in [5.74, 6) is -0.0627. The molecule has 0 radical (unpaired) electrons. The quantitative estimate of drug-likeness (QED) is 0.838. The molecule has 0 saturated carbocycles. The maximum atomic E-state index is 10.9. The van der Waals surface area contributed by atoms with Crippen LogP contribution in [0.2, 0.25) is 0 Å². The Bertz CT molecular complexity index is 611. The molecule has 0 bridgehead atoms. The summed E-state index contributed by atoms with van der Waals surface area (Å²) in [5, 5.41) is 6.06. The number of hydrogen-bond acceptors (Lipinski definition) is 3. The van der Waals surface area contributed by atoms with E-state index in [0.717, 1.165) is 27.1 Å². The van der Waals surface area contributed by atoms with E-state index in [9.17, 15) is 4.79 Å². The van der Waals surface area contributed by atoms with Crippen LogP contribution in [0.25, 0.3) is 0 Å². The van der Waals surface area contributed by atoms with Gasteiger partial charge in [-0.25, -0.2) is 4.98 Å². The average Bonchev–Trinajstić information content (AvgIpc) is 2.41. The van der Waals surface area contributed by atoms with Gasteiger partial charge in [-0.15, -0.1) is 0 Å². The predicted octanol–water partition coefficient (Wildman–Crippen LogP) is 3.72. The lowest BCUT2D eigenvalue weighted by Crippen LogP contribution is -2.06. The number of anilines is 2. The van der Waals surface area contributed by atoms with Crippen LogP contribution < -0.4 is 10.6 Å². The number of aryl methyl sites for hydroxylation is 1. The molecule has 5 heteroatoms. The molecule has 0 saturated heterocycles. The van der Waals surface area contributed by atoms with Crippen molar-refractivity contribution >= 4 is 33.2 Å². The molecule has 0 fully saturated rings. The topological polar surface area (TPSA) is 54.0 Å². The SMILES string of the molecule is CC(=O)Nc1ccc(CNc2cnc(Br)c(C)c2)cc1. The van der Waals surface area contributed by atoms with Gasteiger partial charge < -0.3 is 10.6 Å². The standard InChI is InChI=1S/C15H16BrN3O/c1-10-7-14(9-18-15(10)16)17-8-12-3-5-13(6-4-12)19-11(2)20/h3-7,9,17H,8H2,1-2H3,(H,19,20). The van der Waals surface area contributed by atoms with Crippen LogP contribution in [0.3, 0.4) is 0 Å². The monoisotopic (exact) mass is 333 g/mol. The highest BCUT2D eigenvalue weighted by molar-refractivity contribution is 9.10. The van der Waals surface area contributed by atoms with E-state index in [1.165, 1.54) is 6.92 Å². The largest absolute Gasteiger partial charge is 0.380 e. The van der Waals surface area contributed by atoms with Crippen LogP contribution in [0.5, 0.6) is 0 Å². The average molecular weight is 334 g/mol. The zero-order valence-corrected chi connectivity index (χ0v) is 13.0. The summed E-state index contributed by atoms with van der Waals surface area (Å²) in [5.41, 5.74) is 4.02. The maximum Gasteiger partial charge on any atom is 0.221 e. The second-order valence-corrected chi connectivity index (χ2v) is 5.31. The Morgan fingerprint density at radius 2 is 1.95 bits per heavy atom. The van der Waals surface area contributed by atoms with Crippen LogP contribution in [0.15, 0.2) is 41.1 Å². The molecule has 4 nitrogen and oxygen atoms in total. The summed E-state index contributed by atoms with van der Waals surface area (Å²) in [6.45, 7) is 4.21. The molecule has 0 aliphatic heterocycles. The van der Waals surface area contributed by atoms with Crippen molar-refractivity contribution in [2.75, 3.05) is 10.6 Å². The molecule has 1 aromatic carbocycles. The van der Waals surface area contributed by atoms with Gasteiger partial charge in [0.15, 0.2) is 0 Å². The molecule has 104 valence electrons. The van der Waals surface area contributed by atoms with Crippen molar-refractivity contribution in [1.82, 2.24) is 4.98 Å². The molecule has 0 unspecified atom stereocenters. The number of rotatable bonds is 4. The number of carbonyl (C=O) groups is 1. The van der Waals surface area contributed by atoms with Gasteiger partial charge in [0.2, 0.25) is 5.91 Å². The van der Waals surface area contributed by atoms with Gasteiger partial charge in [-0.05, 0) is 52.2 Å². The summed E-state index contributed by atoms with van der Waals surface area (Å²) in [7, 11) is 0. The molecular formula is C15H16BrN3O. The summed E-state index contributed by atoms with van der Waals surface area (Å²) >= 11 is 3.38. The Morgan fingerprint density at radius 1 is 1.25 bits per heavy atom. The van der Waals surface area contributed by atoms with Crippen molar-refractivity contribution < 1.29 is 4.79 Å². The fraction of sp³-hybridized carbons (Fsp3) is 0.200. The van der Waals surface area contributed by atoms with Crippen molar-refractivity contribution in [2.45, 2.75) is 20.4 Å². The summed E-state index contributed by atoms with van der Waals surface area (Å²) in [6.07, 6.45) is 1.79. The first-order valence-electron chi connectivity index (χ1n) is 6.27. The summed E-state index contributed by atoms with van der Waals surface area (Å²) in [4.78, 5) is 15.2. The van der Waals surface area contributed by atoms with E-state index in [0.29, 0.717) is 6.54 Å². The molecule has 1 aromatic heterocycles. The number of nitrogens with zero attached hydrogens (tertiary/aromatic N) is 1. The van der Waals surface area contributed by atoms with Crippen LogP contribution >= 0.6 is 15.9 Å². The van der Waals surface area contributed by atoms with Crippen LogP contribution in [-0.2, 0) is 11.3 Å². The fourth-order valence-corrected chi connectivity index (χ4v) is 1.98. The molecule has 1 heterocycles. The number of nitrogens with one attached hydrogen (secondary N) is 2. The van der Waals surface area contributed by atoms with Gasteiger partial charge in [0.1, 0.15) is 4.60 Å². The fourth-order valence-electron chi connectivity index (χ4n) is 1.77. The van der Waals surface area contributed by atoms with Crippen molar-refractivity contribution in [2.24, 2.45) is 0 Å². The number of pyridine rings is 1. The van der Waals surface area contributed by atoms with E-state index in [1.54, 1.807) is 6.20 Å². The molecule has 0 spiro atoms. The molecule has 2 rings (SSSR count). The second kappa shape index (κ2) is 6.52. The van der Waals surface area contributed by atoms with E-state index >= 15 is 0 Å². The van der Waals surface area contributed by atoms with E-state index in [1.807, 2.05) is 37.3 Å². The lowest BCUT2D eigenvalue weighted by Gasteiger charge is -2.08. The minimum Gasteiger partial charge on any atom is -0.380 e. The molecule has 0 aliphatic rings. The van der Waals surface area contributed by atoms with Crippen molar-refractivity contribution in [3.63, 3.8) is 0 Å². The molecule has 1 amide bonds. The van der Waals surface area contributed by atoms with Crippen LogP contribution in [0.1, 0.15) is 18.1 Å². The van der Waals surface area contributed by atoms with Crippen LogP contribution in [0.4, 0.5) is 11.4 Å². The van der Waals surface area contributed by atoms with Gasteiger partial charge in [-0.2, -0.15) is 0 Å². The lowest BCUT2D eigenvalue weighted by atomic mass is 10.2. The molecular weight excluding hydrogens is 318 g/mol. The van der Waals surface area contributed by atoms with Crippen molar-refractivity contribution in [1.29, 1.82) is 0 Å². The van der Waals surface area contributed by atoms with Gasteiger partial charge >= 0.3 is 0 Å². The number of aromatic nitrogens is 1. The molecule has 0 atom stereocenters. The first kappa shape index (κ1) is 14.5. The second-order valence-electron chi connectivity index (χ2n) is 4.56. The number of halogens is 1. The number of benzene rings is 1. The highest BCUT2D eigenvalue weighted by Gasteiger charge is 2.00. The normalized spacial score (nSPS) is 10.2. The first-order valence-corrected chi connectivity index (χ1v) is 7.06. The zero-order chi connectivity index (χ0) is 14.5. The van der Waals surface area contributed by atoms with Gasteiger partial charge in [-0.3, -0.25) is 4.79 Å². The lowest BCUT2D eigenvalue weighted by molar-refractivity contribution is -0.114. The third-order valence-corrected chi connectivity index (χ3v) is 3.62. The van der Waals surface area contributed by atoms with E-state index in [-0.39, 0.29) is 5.91 Å². The Hall–Kier alpha value is -1.88. The van der Waals surface area contributed by atoms with Crippen molar-refractivity contribution in [3.8, 4) is 0 Å². The predicted molar refractivity (Wildman–Crippen MR) is 84.7 cm³/mol.